The maximum atomic E-state index is 5.33. The van der Waals surface area contributed by atoms with E-state index in [0.29, 0.717) is 12.0 Å². The Bertz CT molecular complexity index is 99.0. The third kappa shape index (κ3) is 4.20. The van der Waals surface area contributed by atoms with Crippen LogP contribution in [0.1, 0.15) is 33.1 Å². The number of hydrogen-bond acceptors (Lipinski definition) is 1. The van der Waals surface area contributed by atoms with E-state index in [1.54, 1.807) is 7.11 Å². The topological polar surface area (TPSA) is 9.23 Å². The lowest BCUT2D eigenvalue weighted by Gasteiger charge is -2.20. The molecule has 0 aliphatic rings. The van der Waals surface area contributed by atoms with E-state index in [4.69, 9.17) is 4.74 Å². The highest BCUT2D eigenvalue weighted by molar-refractivity contribution is 4.76. The maximum absolute atomic E-state index is 5.33. The fourth-order valence-electron chi connectivity index (χ4n) is 1.37. The number of methoxy groups -OCH3 is 1. The van der Waals surface area contributed by atoms with Gasteiger partial charge in [0.1, 0.15) is 0 Å². The lowest BCUT2D eigenvalue weighted by molar-refractivity contribution is 0.0576. The second kappa shape index (κ2) is 6.41. The predicted octanol–water partition coefficient (Wildman–Crippen LogP) is 3.01. The van der Waals surface area contributed by atoms with Gasteiger partial charge >= 0.3 is 0 Å². The largest absolute Gasteiger partial charge is 0.381 e. The number of hydrogen-bond donors (Lipinski definition) is 0. The monoisotopic (exact) mass is 156 g/mol. The molecule has 0 saturated carbocycles. The molecule has 0 amide bonds. The molecule has 0 radical (unpaired) electrons. The van der Waals surface area contributed by atoms with Crippen molar-refractivity contribution in [3.63, 3.8) is 0 Å². The lowest BCUT2D eigenvalue weighted by atomic mass is 9.97. The second-order valence-corrected chi connectivity index (χ2v) is 3.06. The van der Waals surface area contributed by atoms with Crippen molar-refractivity contribution in [3.05, 3.63) is 12.7 Å². The van der Waals surface area contributed by atoms with Crippen LogP contribution in [-0.4, -0.2) is 13.2 Å². The van der Waals surface area contributed by atoms with Gasteiger partial charge in [-0.05, 0) is 18.8 Å². The molecule has 0 fully saturated rings. The van der Waals surface area contributed by atoms with Gasteiger partial charge in [0, 0.05) is 7.11 Å². The van der Waals surface area contributed by atoms with Crippen LogP contribution >= 0.6 is 0 Å². The molecule has 66 valence electrons. The summed E-state index contributed by atoms with van der Waals surface area (Å²) in [7, 11) is 1.78. The third-order valence-electron chi connectivity index (χ3n) is 2.08. The first kappa shape index (κ1) is 10.7. The van der Waals surface area contributed by atoms with Crippen molar-refractivity contribution in [2.75, 3.05) is 7.11 Å². The Balaban J connectivity index is 3.70. The van der Waals surface area contributed by atoms with E-state index >= 15 is 0 Å². The quantitative estimate of drug-likeness (QED) is 0.537. The summed E-state index contributed by atoms with van der Waals surface area (Å²) in [6.45, 7) is 8.15. The number of ether oxygens (including phenoxy) is 1. The summed E-state index contributed by atoms with van der Waals surface area (Å²) < 4.78 is 5.33. The van der Waals surface area contributed by atoms with E-state index in [0.717, 1.165) is 6.42 Å². The zero-order valence-electron chi connectivity index (χ0n) is 7.97. The van der Waals surface area contributed by atoms with Crippen molar-refractivity contribution in [2.24, 2.45) is 5.92 Å². The van der Waals surface area contributed by atoms with Gasteiger partial charge in [-0.1, -0.05) is 26.3 Å². The summed E-state index contributed by atoms with van der Waals surface area (Å²) in [6, 6.07) is 0. The minimum Gasteiger partial charge on any atom is -0.381 e. The first-order chi connectivity index (χ1) is 5.26. The van der Waals surface area contributed by atoms with Crippen LogP contribution in [0, 0.1) is 5.92 Å². The van der Waals surface area contributed by atoms with Crippen molar-refractivity contribution in [1.82, 2.24) is 0 Å². The van der Waals surface area contributed by atoms with Gasteiger partial charge in [0.2, 0.25) is 0 Å². The molecule has 2 unspecified atom stereocenters. The summed E-state index contributed by atoms with van der Waals surface area (Å²) in [5.74, 6) is 0.656. The Morgan fingerprint density at radius 3 is 2.55 bits per heavy atom. The minimum atomic E-state index is 0.368. The molecule has 0 aromatic carbocycles. The van der Waals surface area contributed by atoms with Gasteiger partial charge in [-0.15, -0.1) is 6.58 Å². The van der Waals surface area contributed by atoms with Gasteiger partial charge in [0.05, 0.1) is 6.10 Å². The van der Waals surface area contributed by atoms with E-state index in [-0.39, 0.29) is 0 Å². The van der Waals surface area contributed by atoms with Crippen LogP contribution in [0.5, 0.6) is 0 Å². The van der Waals surface area contributed by atoms with Crippen LogP contribution in [-0.2, 0) is 4.74 Å². The Morgan fingerprint density at radius 2 is 2.18 bits per heavy atom. The summed E-state index contributed by atoms with van der Waals surface area (Å²) in [5, 5.41) is 0. The van der Waals surface area contributed by atoms with Crippen LogP contribution in [0.15, 0.2) is 12.7 Å². The molecule has 0 aliphatic heterocycles. The summed E-state index contributed by atoms with van der Waals surface area (Å²) >= 11 is 0. The second-order valence-electron chi connectivity index (χ2n) is 3.06. The smallest absolute Gasteiger partial charge is 0.0631 e. The molecule has 1 heteroatoms. The lowest BCUT2D eigenvalue weighted by Crippen LogP contribution is -2.19. The Hall–Kier alpha value is -0.300. The van der Waals surface area contributed by atoms with E-state index in [2.05, 4.69) is 20.4 Å². The average molecular weight is 156 g/mol. The normalized spacial score (nSPS) is 15.9. The first-order valence-corrected chi connectivity index (χ1v) is 4.39. The molecular formula is C10H20O. The molecule has 0 bridgehead atoms. The van der Waals surface area contributed by atoms with Crippen LogP contribution in [0.4, 0.5) is 0 Å². The fourth-order valence-corrected chi connectivity index (χ4v) is 1.37. The first-order valence-electron chi connectivity index (χ1n) is 4.39. The van der Waals surface area contributed by atoms with Crippen molar-refractivity contribution < 1.29 is 4.74 Å². The molecule has 0 heterocycles. The van der Waals surface area contributed by atoms with E-state index in [1.807, 2.05) is 6.08 Å². The zero-order valence-corrected chi connectivity index (χ0v) is 7.97. The molecule has 0 N–H and O–H groups in total. The van der Waals surface area contributed by atoms with E-state index < -0.39 is 0 Å². The molecule has 1 nitrogen and oxygen atoms in total. The van der Waals surface area contributed by atoms with Crippen molar-refractivity contribution in [1.29, 1.82) is 0 Å². The molecule has 0 rings (SSSR count). The zero-order chi connectivity index (χ0) is 8.69. The maximum Gasteiger partial charge on any atom is 0.0631 e. The van der Waals surface area contributed by atoms with Crippen molar-refractivity contribution in [2.45, 2.75) is 39.2 Å². The average Bonchev–Trinajstić information content (AvgIpc) is 2.00. The molecule has 2 atom stereocenters. The Kier molecular flexibility index (Phi) is 6.24. The molecular weight excluding hydrogens is 136 g/mol. The van der Waals surface area contributed by atoms with Crippen molar-refractivity contribution in [3.8, 4) is 0 Å². The Labute approximate surface area is 70.4 Å². The van der Waals surface area contributed by atoms with Crippen LogP contribution in [0.3, 0.4) is 0 Å². The fraction of sp³-hybridized carbons (Fsp3) is 0.800. The summed E-state index contributed by atoms with van der Waals surface area (Å²) in [6.07, 6.45) is 5.75. The van der Waals surface area contributed by atoms with E-state index in [9.17, 15) is 0 Å². The van der Waals surface area contributed by atoms with Gasteiger partial charge in [-0.25, -0.2) is 0 Å². The number of rotatable bonds is 6. The molecule has 0 aromatic heterocycles. The highest BCUT2D eigenvalue weighted by Gasteiger charge is 2.13. The van der Waals surface area contributed by atoms with Crippen LogP contribution < -0.4 is 0 Å². The molecule has 0 aliphatic carbocycles. The molecule has 0 spiro atoms. The Morgan fingerprint density at radius 1 is 1.55 bits per heavy atom. The minimum absolute atomic E-state index is 0.368. The van der Waals surface area contributed by atoms with Gasteiger partial charge in [0.15, 0.2) is 0 Å². The van der Waals surface area contributed by atoms with Gasteiger partial charge in [0.25, 0.3) is 0 Å². The van der Waals surface area contributed by atoms with Crippen LogP contribution in [0.25, 0.3) is 0 Å². The highest BCUT2D eigenvalue weighted by atomic mass is 16.5. The van der Waals surface area contributed by atoms with Crippen LogP contribution in [0.2, 0.25) is 0 Å². The molecule has 0 saturated heterocycles. The van der Waals surface area contributed by atoms with Gasteiger partial charge in [-0.3, -0.25) is 0 Å². The predicted molar refractivity (Wildman–Crippen MR) is 49.7 cm³/mol. The van der Waals surface area contributed by atoms with E-state index in [1.165, 1.54) is 12.8 Å². The molecule has 0 aromatic rings. The molecule has 11 heavy (non-hydrogen) atoms. The van der Waals surface area contributed by atoms with Gasteiger partial charge in [-0.2, -0.15) is 0 Å². The third-order valence-corrected chi connectivity index (χ3v) is 2.08. The standard InChI is InChI=1S/C10H20O/c1-5-7-9(3)10(11-4)8-6-2/h6,9-10H,2,5,7-8H2,1,3-4H3. The highest BCUT2D eigenvalue weighted by Crippen LogP contribution is 2.16. The SMILES string of the molecule is C=CCC(OC)C(C)CCC. The van der Waals surface area contributed by atoms with Crippen molar-refractivity contribution >= 4 is 0 Å². The van der Waals surface area contributed by atoms with Gasteiger partial charge < -0.3 is 4.74 Å². The summed E-state index contributed by atoms with van der Waals surface area (Å²) in [4.78, 5) is 0. The summed E-state index contributed by atoms with van der Waals surface area (Å²) in [5.41, 5.74) is 0.